The predicted octanol–water partition coefficient (Wildman–Crippen LogP) is 2.74. The van der Waals surface area contributed by atoms with E-state index in [9.17, 15) is 0 Å². The Bertz CT molecular complexity index is 548. The number of hydrogen-bond acceptors (Lipinski definition) is 3. The Morgan fingerprint density at radius 1 is 1.40 bits per heavy atom. The van der Waals surface area contributed by atoms with Gasteiger partial charge in [-0.2, -0.15) is 0 Å². The molecule has 2 N–H and O–H groups in total. The van der Waals surface area contributed by atoms with E-state index in [1.54, 1.807) is 0 Å². The Hall–Kier alpha value is -1.39. The monoisotopic (exact) mass is 275 g/mol. The molecule has 0 spiro atoms. The Morgan fingerprint density at radius 2 is 2.20 bits per heavy atom. The van der Waals surface area contributed by atoms with E-state index in [1.165, 1.54) is 10.9 Å². The smallest absolute Gasteiger partial charge is 0.140 e. The average Bonchev–Trinajstić information content (AvgIpc) is 2.77. The summed E-state index contributed by atoms with van der Waals surface area (Å²) < 4.78 is 7.81. The van der Waals surface area contributed by atoms with Crippen molar-refractivity contribution in [3.8, 4) is 0 Å². The first kappa shape index (κ1) is 15.0. The minimum absolute atomic E-state index is 0.209. The van der Waals surface area contributed by atoms with Crippen molar-refractivity contribution >= 4 is 11.0 Å². The standard InChI is InChI=1S/C16H25N3O/c1-4-14(17)10-13-11-19(8-9-20-12(2)3)16-15(13)6-5-7-18-16/h5-7,11-12,14H,4,8-10,17H2,1-3H3. The SMILES string of the molecule is CCC(N)Cc1cn(CCOC(C)C)c2ncccc12. The normalized spacial score (nSPS) is 13.2. The highest BCUT2D eigenvalue weighted by molar-refractivity contribution is 5.80. The van der Waals surface area contributed by atoms with Gasteiger partial charge < -0.3 is 15.0 Å². The third-order valence-electron chi connectivity index (χ3n) is 3.51. The number of ether oxygens (including phenoxy) is 1. The van der Waals surface area contributed by atoms with Crippen molar-refractivity contribution in [3.63, 3.8) is 0 Å². The minimum atomic E-state index is 0.209. The van der Waals surface area contributed by atoms with E-state index in [-0.39, 0.29) is 12.1 Å². The summed E-state index contributed by atoms with van der Waals surface area (Å²) in [5, 5.41) is 1.21. The van der Waals surface area contributed by atoms with Crippen molar-refractivity contribution < 1.29 is 4.74 Å². The highest BCUT2D eigenvalue weighted by atomic mass is 16.5. The average molecular weight is 275 g/mol. The molecule has 2 rings (SSSR count). The van der Waals surface area contributed by atoms with Gasteiger partial charge in [0.1, 0.15) is 5.65 Å². The molecule has 4 nitrogen and oxygen atoms in total. The van der Waals surface area contributed by atoms with E-state index in [4.69, 9.17) is 10.5 Å². The van der Waals surface area contributed by atoms with Crippen molar-refractivity contribution in [2.24, 2.45) is 5.73 Å². The number of nitrogens with zero attached hydrogens (tertiary/aromatic N) is 2. The van der Waals surface area contributed by atoms with Crippen LogP contribution in [-0.4, -0.2) is 28.3 Å². The molecule has 0 aliphatic carbocycles. The molecule has 2 aromatic rings. The number of nitrogens with two attached hydrogens (primary N) is 1. The van der Waals surface area contributed by atoms with Crippen molar-refractivity contribution in [3.05, 3.63) is 30.1 Å². The van der Waals surface area contributed by atoms with Crippen LogP contribution in [0.15, 0.2) is 24.5 Å². The first-order valence-corrected chi connectivity index (χ1v) is 7.41. The van der Waals surface area contributed by atoms with Crippen LogP contribution in [0.4, 0.5) is 0 Å². The van der Waals surface area contributed by atoms with Crippen LogP contribution < -0.4 is 5.73 Å². The molecule has 0 aliphatic heterocycles. The van der Waals surface area contributed by atoms with Gasteiger partial charge in [-0.3, -0.25) is 0 Å². The first-order chi connectivity index (χ1) is 9.61. The second-order valence-electron chi connectivity index (χ2n) is 5.51. The Balaban J connectivity index is 2.21. The zero-order valence-electron chi connectivity index (χ0n) is 12.7. The molecule has 0 aliphatic rings. The van der Waals surface area contributed by atoms with Gasteiger partial charge in [0.25, 0.3) is 0 Å². The fraction of sp³-hybridized carbons (Fsp3) is 0.562. The maximum absolute atomic E-state index is 6.09. The molecule has 0 saturated heterocycles. The fourth-order valence-corrected chi connectivity index (χ4v) is 2.34. The number of aromatic nitrogens is 2. The molecular weight excluding hydrogens is 250 g/mol. The summed E-state index contributed by atoms with van der Waals surface area (Å²) >= 11 is 0. The number of fused-ring (bicyclic) bond motifs is 1. The molecule has 0 bridgehead atoms. The summed E-state index contributed by atoms with van der Waals surface area (Å²) in [6.07, 6.45) is 6.17. The summed E-state index contributed by atoms with van der Waals surface area (Å²) in [6.45, 7) is 7.76. The van der Waals surface area contributed by atoms with Crippen LogP contribution in [0.3, 0.4) is 0 Å². The third-order valence-corrected chi connectivity index (χ3v) is 3.51. The molecule has 1 atom stereocenters. The van der Waals surface area contributed by atoms with E-state index < -0.39 is 0 Å². The van der Waals surface area contributed by atoms with Crippen molar-refractivity contribution in [1.29, 1.82) is 0 Å². The van der Waals surface area contributed by atoms with E-state index >= 15 is 0 Å². The van der Waals surface area contributed by atoms with Crippen LogP contribution in [0.2, 0.25) is 0 Å². The zero-order chi connectivity index (χ0) is 14.5. The molecule has 2 aromatic heterocycles. The summed E-state index contributed by atoms with van der Waals surface area (Å²) in [7, 11) is 0. The van der Waals surface area contributed by atoms with Gasteiger partial charge in [0, 0.05) is 30.4 Å². The molecule has 0 amide bonds. The summed E-state index contributed by atoms with van der Waals surface area (Å²) in [6, 6.07) is 4.32. The predicted molar refractivity (Wildman–Crippen MR) is 82.8 cm³/mol. The summed E-state index contributed by atoms with van der Waals surface area (Å²) in [5.74, 6) is 0. The maximum Gasteiger partial charge on any atom is 0.140 e. The fourth-order valence-electron chi connectivity index (χ4n) is 2.34. The van der Waals surface area contributed by atoms with E-state index in [0.29, 0.717) is 6.61 Å². The van der Waals surface area contributed by atoms with Gasteiger partial charge in [-0.25, -0.2) is 4.98 Å². The van der Waals surface area contributed by atoms with Crippen LogP contribution in [-0.2, 0) is 17.7 Å². The van der Waals surface area contributed by atoms with Gasteiger partial charge >= 0.3 is 0 Å². The molecular formula is C16H25N3O. The molecule has 0 radical (unpaired) electrons. The second kappa shape index (κ2) is 6.86. The van der Waals surface area contributed by atoms with Crippen molar-refractivity contribution in [2.45, 2.75) is 52.3 Å². The lowest BCUT2D eigenvalue weighted by molar-refractivity contribution is 0.0732. The number of hydrogen-bond donors (Lipinski definition) is 1. The maximum atomic E-state index is 6.09. The van der Waals surface area contributed by atoms with Crippen LogP contribution in [0.25, 0.3) is 11.0 Å². The molecule has 4 heteroatoms. The Morgan fingerprint density at radius 3 is 2.90 bits per heavy atom. The van der Waals surface area contributed by atoms with E-state index in [0.717, 1.165) is 25.0 Å². The summed E-state index contributed by atoms with van der Waals surface area (Å²) in [5.41, 5.74) is 8.40. The first-order valence-electron chi connectivity index (χ1n) is 7.41. The van der Waals surface area contributed by atoms with Crippen molar-refractivity contribution in [2.75, 3.05) is 6.61 Å². The van der Waals surface area contributed by atoms with Gasteiger partial charge in [-0.05, 0) is 44.4 Å². The van der Waals surface area contributed by atoms with Gasteiger partial charge in [0.05, 0.1) is 12.7 Å². The van der Waals surface area contributed by atoms with E-state index in [1.807, 2.05) is 12.3 Å². The van der Waals surface area contributed by atoms with Crippen LogP contribution in [0.1, 0.15) is 32.8 Å². The highest BCUT2D eigenvalue weighted by Crippen LogP contribution is 2.21. The lowest BCUT2D eigenvalue weighted by atomic mass is 10.1. The Kier molecular flexibility index (Phi) is 5.15. The van der Waals surface area contributed by atoms with Gasteiger partial charge in [0.15, 0.2) is 0 Å². The lowest BCUT2D eigenvalue weighted by Gasteiger charge is -2.08. The molecule has 1 unspecified atom stereocenters. The molecule has 20 heavy (non-hydrogen) atoms. The number of rotatable bonds is 7. The third kappa shape index (κ3) is 3.58. The largest absolute Gasteiger partial charge is 0.377 e. The lowest BCUT2D eigenvalue weighted by Crippen LogP contribution is -2.21. The van der Waals surface area contributed by atoms with Crippen molar-refractivity contribution in [1.82, 2.24) is 9.55 Å². The quantitative estimate of drug-likeness (QED) is 0.845. The molecule has 0 fully saturated rings. The molecule has 2 heterocycles. The molecule has 0 saturated carbocycles. The molecule has 0 aromatic carbocycles. The topological polar surface area (TPSA) is 53.1 Å². The van der Waals surface area contributed by atoms with Gasteiger partial charge in [-0.1, -0.05) is 6.92 Å². The van der Waals surface area contributed by atoms with Crippen LogP contribution in [0, 0.1) is 0 Å². The van der Waals surface area contributed by atoms with Crippen LogP contribution >= 0.6 is 0 Å². The molecule has 110 valence electrons. The number of pyridine rings is 1. The van der Waals surface area contributed by atoms with Gasteiger partial charge in [0.2, 0.25) is 0 Å². The zero-order valence-corrected chi connectivity index (χ0v) is 12.7. The highest BCUT2D eigenvalue weighted by Gasteiger charge is 2.11. The summed E-state index contributed by atoms with van der Waals surface area (Å²) in [4.78, 5) is 4.50. The van der Waals surface area contributed by atoms with E-state index in [2.05, 4.69) is 42.6 Å². The van der Waals surface area contributed by atoms with Crippen LogP contribution in [0.5, 0.6) is 0 Å². The minimum Gasteiger partial charge on any atom is -0.377 e. The Labute approximate surface area is 120 Å². The van der Waals surface area contributed by atoms with Gasteiger partial charge in [-0.15, -0.1) is 0 Å². The second-order valence-corrected chi connectivity index (χ2v) is 5.51.